The number of nitrogens with one attached hydrogen (secondary N) is 1. The molecule has 1 aliphatic rings. The Balaban J connectivity index is 1.74. The summed E-state index contributed by atoms with van der Waals surface area (Å²) in [6.45, 7) is 3.52. The summed E-state index contributed by atoms with van der Waals surface area (Å²) < 4.78 is 12.0. The summed E-state index contributed by atoms with van der Waals surface area (Å²) >= 11 is 1.48. The summed E-state index contributed by atoms with van der Waals surface area (Å²) in [5.74, 6) is 0.707. The normalized spacial score (nSPS) is 15.0. The van der Waals surface area contributed by atoms with E-state index in [0.717, 1.165) is 36.4 Å². The number of pyridine rings is 1. The average Bonchev–Trinajstić information content (AvgIpc) is 3.11. The number of aryl methyl sites for hydroxylation is 1. The lowest BCUT2D eigenvalue weighted by molar-refractivity contribution is 0.0854. The van der Waals surface area contributed by atoms with Gasteiger partial charge in [0, 0.05) is 24.5 Å². The van der Waals surface area contributed by atoms with Crippen LogP contribution in [0.25, 0.3) is 10.2 Å². The number of rotatable bonds is 4. The number of hydrogen-bond acceptors (Lipinski definition) is 6. The highest BCUT2D eigenvalue weighted by atomic mass is 32.1. The lowest BCUT2D eigenvalue weighted by Crippen LogP contribution is -2.15. The maximum atomic E-state index is 12.5. The van der Waals surface area contributed by atoms with Gasteiger partial charge in [0.1, 0.15) is 5.52 Å². The van der Waals surface area contributed by atoms with Crippen LogP contribution in [0, 0.1) is 6.92 Å². The third kappa shape index (κ3) is 3.52. The van der Waals surface area contributed by atoms with Crippen molar-refractivity contribution in [2.75, 3.05) is 25.6 Å². The highest BCUT2D eigenvalue weighted by molar-refractivity contribution is 7.22. The summed E-state index contributed by atoms with van der Waals surface area (Å²) in [5.41, 5.74) is 3.46. The van der Waals surface area contributed by atoms with Gasteiger partial charge in [0.15, 0.2) is 5.13 Å². The lowest BCUT2D eigenvalue weighted by atomic mass is 9.90. The molecule has 0 aliphatic carbocycles. The van der Waals surface area contributed by atoms with Crippen LogP contribution >= 0.6 is 11.3 Å². The molecule has 0 bridgehead atoms. The summed E-state index contributed by atoms with van der Waals surface area (Å²) in [6.07, 6.45) is 1.93. The minimum atomic E-state index is -0.175. The zero-order chi connectivity index (χ0) is 18.8. The standard InChI is InChI=1S/C20H21N3O3S/c1-12-15(13-8-10-26-11-9-13)17-16(19(21-12)25-2)22-20(27-17)23-18(24)14-6-4-3-5-7-14/h3-7,13H,8-11H2,1-2H3,(H,22,23,24). The average molecular weight is 383 g/mol. The largest absolute Gasteiger partial charge is 0.479 e. The molecule has 0 unspecified atom stereocenters. The molecule has 2 aromatic heterocycles. The van der Waals surface area contributed by atoms with Gasteiger partial charge in [0.25, 0.3) is 5.91 Å². The molecule has 1 amide bonds. The number of nitrogens with zero attached hydrogens (tertiary/aromatic N) is 2. The van der Waals surface area contributed by atoms with Crippen molar-refractivity contribution in [2.45, 2.75) is 25.7 Å². The van der Waals surface area contributed by atoms with E-state index in [4.69, 9.17) is 9.47 Å². The van der Waals surface area contributed by atoms with Crippen LogP contribution in [0.4, 0.5) is 5.13 Å². The summed E-state index contributed by atoms with van der Waals surface area (Å²) in [4.78, 5) is 21.7. The van der Waals surface area contributed by atoms with Gasteiger partial charge in [-0.1, -0.05) is 29.5 Å². The number of fused-ring (bicyclic) bond motifs is 1. The Morgan fingerprint density at radius 3 is 2.67 bits per heavy atom. The first-order valence-electron chi connectivity index (χ1n) is 8.96. The van der Waals surface area contributed by atoms with Crippen molar-refractivity contribution in [1.29, 1.82) is 0 Å². The second-order valence-corrected chi connectivity index (χ2v) is 7.52. The Morgan fingerprint density at radius 1 is 1.22 bits per heavy atom. The van der Waals surface area contributed by atoms with E-state index in [9.17, 15) is 4.79 Å². The minimum Gasteiger partial charge on any atom is -0.479 e. The van der Waals surface area contributed by atoms with Crippen LogP contribution in [0.2, 0.25) is 0 Å². The van der Waals surface area contributed by atoms with Crippen LogP contribution in [0.5, 0.6) is 5.88 Å². The third-order valence-corrected chi connectivity index (χ3v) is 5.82. The van der Waals surface area contributed by atoms with E-state index in [1.807, 2.05) is 25.1 Å². The van der Waals surface area contributed by atoms with Crippen molar-refractivity contribution in [3.63, 3.8) is 0 Å². The fourth-order valence-corrected chi connectivity index (χ4v) is 4.63. The Kier molecular flexibility index (Phi) is 5.05. The van der Waals surface area contributed by atoms with Crippen LogP contribution in [0.1, 0.15) is 40.4 Å². The third-order valence-electron chi connectivity index (χ3n) is 4.81. The molecule has 0 saturated carbocycles. The second-order valence-electron chi connectivity index (χ2n) is 6.52. The highest BCUT2D eigenvalue weighted by Gasteiger charge is 2.25. The SMILES string of the molecule is COc1nc(C)c(C2CCOCC2)c2sc(NC(=O)c3ccccc3)nc12. The van der Waals surface area contributed by atoms with Crippen molar-refractivity contribution in [3.05, 3.63) is 47.2 Å². The Hall–Kier alpha value is -2.51. The monoisotopic (exact) mass is 383 g/mol. The van der Waals surface area contributed by atoms with Crippen molar-refractivity contribution in [2.24, 2.45) is 0 Å². The second kappa shape index (κ2) is 7.62. The molecular formula is C20H21N3O3S. The fraction of sp³-hybridized carbons (Fsp3) is 0.350. The molecule has 6 nitrogen and oxygen atoms in total. The number of benzene rings is 1. The van der Waals surface area contributed by atoms with Crippen molar-refractivity contribution < 1.29 is 14.3 Å². The number of anilines is 1. The predicted molar refractivity (Wildman–Crippen MR) is 106 cm³/mol. The number of aromatic nitrogens is 2. The predicted octanol–water partition coefficient (Wildman–Crippen LogP) is 4.15. The van der Waals surface area contributed by atoms with Crippen LogP contribution in [0.15, 0.2) is 30.3 Å². The van der Waals surface area contributed by atoms with E-state index in [1.54, 1.807) is 19.2 Å². The first-order chi connectivity index (χ1) is 13.2. The Bertz CT molecular complexity index is 966. The van der Waals surface area contributed by atoms with Crippen molar-refractivity contribution in [3.8, 4) is 5.88 Å². The van der Waals surface area contributed by atoms with Gasteiger partial charge in [0.05, 0.1) is 11.8 Å². The molecule has 1 saturated heterocycles. The molecule has 4 rings (SSSR count). The molecular weight excluding hydrogens is 362 g/mol. The summed E-state index contributed by atoms with van der Waals surface area (Å²) in [7, 11) is 1.59. The van der Waals surface area contributed by atoms with Gasteiger partial charge in [-0.3, -0.25) is 10.1 Å². The van der Waals surface area contributed by atoms with E-state index in [-0.39, 0.29) is 5.91 Å². The van der Waals surface area contributed by atoms with Gasteiger partial charge in [0.2, 0.25) is 5.88 Å². The zero-order valence-electron chi connectivity index (χ0n) is 15.3. The van der Waals surface area contributed by atoms with E-state index < -0.39 is 0 Å². The number of thiazole rings is 1. The van der Waals surface area contributed by atoms with Crippen LogP contribution in [-0.4, -0.2) is 36.2 Å². The Morgan fingerprint density at radius 2 is 1.96 bits per heavy atom. The van der Waals surface area contributed by atoms with Crippen molar-refractivity contribution >= 4 is 32.6 Å². The fourth-order valence-electron chi connectivity index (χ4n) is 3.50. The number of amides is 1. The topological polar surface area (TPSA) is 73.3 Å². The minimum absolute atomic E-state index is 0.175. The first-order valence-corrected chi connectivity index (χ1v) is 9.78. The zero-order valence-corrected chi connectivity index (χ0v) is 16.1. The lowest BCUT2D eigenvalue weighted by Gasteiger charge is -2.24. The van der Waals surface area contributed by atoms with E-state index in [2.05, 4.69) is 15.3 Å². The van der Waals surface area contributed by atoms with Crippen LogP contribution in [-0.2, 0) is 4.74 Å². The van der Waals surface area contributed by atoms with E-state index >= 15 is 0 Å². The maximum Gasteiger partial charge on any atom is 0.257 e. The van der Waals surface area contributed by atoms with Gasteiger partial charge in [-0.05, 0) is 43.4 Å². The number of methoxy groups -OCH3 is 1. The number of hydrogen-bond donors (Lipinski definition) is 1. The van der Waals surface area contributed by atoms with Gasteiger partial charge < -0.3 is 9.47 Å². The number of carbonyl (C=O) groups is 1. The number of ether oxygens (including phenoxy) is 2. The summed E-state index contributed by atoms with van der Waals surface area (Å²) in [6, 6.07) is 9.12. The molecule has 1 fully saturated rings. The van der Waals surface area contributed by atoms with Gasteiger partial charge >= 0.3 is 0 Å². The molecule has 1 N–H and O–H groups in total. The molecule has 1 aromatic carbocycles. The van der Waals surface area contributed by atoms with Crippen LogP contribution < -0.4 is 10.1 Å². The van der Waals surface area contributed by atoms with Crippen LogP contribution in [0.3, 0.4) is 0 Å². The van der Waals surface area contributed by atoms with Crippen molar-refractivity contribution in [1.82, 2.24) is 9.97 Å². The summed E-state index contributed by atoms with van der Waals surface area (Å²) in [5, 5.41) is 3.46. The van der Waals surface area contributed by atoms with Gasteiger partial charge in [-0.15, -0.1) is 0 Å². The molecule has 140 valence electrons. The molecule has 27 heavy (non-hydrogen) atoms. The molecule has 1 aliphatic heterocycles. The highest BCUT2D eigenvalue weighted by Crippen LogP contribution is 2.41. The quantitative estimate of drug-likeness (QED) is 0.732. The Labute approximate surface area is 161 Å². The van der Waals surface area contributed by atoms with Gasteiger partial charge in [-0.25, -0.2) is 9.97 Å². The smallest absolute Gasteiger partial charge is 0.257 e. The molecule has 7 heteroatoms. The molecule has 3 heterocycles. The van der Waals surface area contributed by atoms with Gasteiger partial charge in [-0.2, -0.15) is 0 Å². The molecule has 0 radical (unpaired) electrons. The number of carbonyl (C=O) groups excluding carboxylic acids is 1. The van der Waals surface area contributed by atoms with E-state index in [0.29, 0.717) is 28.0 Å². The molecule has 3 aromatic rings. The molecule has 0 atom stereocenters. The first kappa shape index (κ1) is 17.9. The molecule has 0 spiro atoms. The van der Waals surface area contributed by atoms with E-state index in [1.165, 1.54) is 16.9 Å². The maximum absolute atomic E-state index is 12.5.